The van der Waals surface area contributed by atoms with E-state index in [1.807, 2.05) is 25.1 Å². The van der Waals surface area contributed by atoms with Crippen molar-refractivity contribution in [3.05, 3.63) is 36.0 Å². The summed E-state index contributed by atoms with van der Waals surface area (Å²) in [6, 6.07) is 7.59. The molecule has 0 spiro atoms. The lowest BCUT2D eigenvalue weighted by Gasteiger charge is -2.12. The van der Waals surface area contributed by atoms with Crippen LogP contribution >= 0.6 is 0 Å². The molecule has 96 valence electrons. The summed E-state index contributed by atoms with van der Waals surface area (Å²) in [6.07, 6.45) is 0.595. The van der Waals surface area contributed by atoms with E-state index in [2.05, 4.69) is 0 Å². The van der Waals surface area contributed by atoms with Gasteiger partial charge in [0.2, 0.25) is 0 Å². The van der Waals surface area contributed by atoms with Gasteiger partial charge in [-0.1, -0.05) is 25.1 Å². The van der Waals surface area contributed by atoms with Crippen molar-refractivity contribution < 1.29 is 13.9 Å². The minimum atomic E-state index is -1.78. The molecule has 0 N–H and O–H groups in total. The first-order valence-electron chi connectivity index (χ1n) is 6.08. The third-order valence-corrected chi connectivity index (χ3v) is 2.93. The molecule has 0 aliphatic rings. The van der Waals surface area contributed by atoms with Gasteiger partial charge in [0.25, 0.3) is 6.30 Å². The number of para-hydroxylation sites is 1. The summed E-state index contributed by atoms with van der Waals surface area (Å²) in [4.78, 5) is 11.5. The number of ether oxygens (including phenoxy) is 1. The fourth-order valence-electron chi connectivity index (χ4n) is 2.09. The van der Waals surface area contributed by atoms with E-state index < -0.39 is 12.3 Å². The number of esters is 1. The fourth-order valence-corrected chi connectivity index (χ4v) is 2.09. The zero-order valence-electron chi connectivity index (χ0n) is 10.5. The number of aromatic nitrogens is 1. The number of hydrogen-bond acceptors (Lipinski definition) is 2. The lowest BCUT2D eigenvalue weighted by atomic mass is 10.1. The highest BCUT2D eigenvalue weighted by molar-refractivity contribution is 5.85. The second kappa shape index (κ2) is 5.21. The van der Waals surface area contributed by atoms with Crippen molar-refractivity contribution >= 4 is 16.9 Å². The Morgan fingerprint density at radius 3 is 2.83 bits per heavy atom. The maximum Gasteiger partial charge on any atom is 0.362 e. The molecule has 0 amide bonds. The highest BCUT2D eigenvalue weighted by Gasteiger charge is 2.22. The summed E-state index contributed by atoms with van der Waals surface area (Å²) in [6.45, 7) is 3.85. The summed E-state index contributed by atoms with van der Waals surface area (Å²) in [5.41, 5.74) is 1.78. The Balaban J connectivity index is 2.48. The summed E-state index contributed by atoms with van der Waals surface area (Å²) in [5, 5.41) is 0.932. The zero-order valence-corrected chi connectivity index (χ0v) is 10.5. The second-order valence-corrected chi connectivity index (χ2v) is 4.02. The van der Waals surface area contributed by atoms with E-state index >= 15 is 0 Å². The number of nitrogens with zero attached hydrogens (tertiary/aromatic N) is 1. The molecular weight excluding hydrogens is 233 g/mol. The van der Waals surface area contributed by atoms with Crippen LogP contribution in [0.1, 0.15) is 25.7 Å². The topological polar surface area (TPSA) is 31.2 Å². The number of aryl methyl sites for hydroxylation is 1. The van der Waals surface area contributed by atoms with Crippen LogP contribution in [-0.2, 0) is 16.0 Å². The number of carbonyl (C=O) groups is 1. The minimum Gasteiger partial charge on any atom is -0.462 e. The first-order valence-corrected chi connectivity index (χ1v) is 6.08. The maximum atomic E-state index is 14.1. The number of hydrogen-bond donors (Lipinski definition) is 0. The molecule has 4 heteroatoms. The van der Waals surface area contributed by atoms with Crippen LogP contribution in [0.15, 0.2) is 30.5 Å². The van der Waals surface area contributed by atoms with Crippen molar-refractivity contribution in [3.63, 3.8) is 0 Å². The maximum absolute atomic E-state index is 14.1. The molecule has 0 aliphatic heterocycles. The van der Waals surface area contributed by atoms with Crippen LogP contribution in [0.5, 0.6) is 0 Å². The van der Waals surface area contributed by atoms with Crippen molar-refractivity contribution in [2.24, 2.45) is 0 Å². The van der Waals surface area contributed by atoms with Gasteiger partial charge in [0, 0.05) is 6.20 Å². The molecule has 0 aliphatic carbocycles. The van der Waals surface area contributed by atoms with Crippen LogP contribution in [0.3, 0.4) is 0 Å². The van der Waals surface area contributed by atoms with Crippen LogP contribution in [-0.4, -0.2) is 17.1 Å². The standard InChI is InChI=1S/C14H16FNO2/c1-3-10-6-5-7-11-8-9-16(12(10)11)13(15)14(17)18-4-2/h5-9,13H,3-4H2,1-2H3. The molecule has 2 aromatic rings. The van der Waals surface area contributed by atoms with E-state index in [4.69, 9.17) is 4.74 Å². The summed E-state index contributed by atoms with van der Waals surface area (Å²) in [7, 11) is 0. The Morgan fingerprint density at radius 2 is 2.17 bits per heavy atom. The smallest absolute Gasteiger partial charge is 0.362 e. The van der Waals surface area contributed by atoms with E-state index in [9.17, 15) is 9.18 Å². The Bertz CT molecular complexity index is 562. The van der Waals surface area contributed by atoms with Gasteiger partial charge in [0.05, 0.1) is 12.1 Å². The van der Waals surface area contributed by atoms with Crippen molar-refractivity contribution in [2.75, 3.05) is 6.61 Å². The van der Waals surface area contributed by atoms with Crippen LogP contribution < -0.4 is 0 Å². The third kappa shape index (κ3) is 2.10. The Hall–Kier alpha value is -1.84. The van der Waals surface area contributed by atoms with Crippen LogP contribution in [0.4, 0.5) is 4.39 Å². The van der Waals surface area contributed by atoms with Crippen molar-refractivity contribution in [1.29, 1.82) is 0 Å². The SMILES string of the molecule is CCOC(=O)C(F)n1ccc2cccc(CC)c21. The van der Waals surface area contributed by atoms with Gasteiger partial charge in [0.1, 0.15) is 0 Å². The fraction of sp³-hybridized carbons (Fsp3) is 0.357. The third-order valence-electron chi connectivity index (χ3n) is 2.93. The van der Waals surface area contributed by atoms with Crippen molar-refractivity contribution in [3.8, 4) is 0 Å². The Morgan fingerprint density at radius 1 is 1.39 bits per heavy atom. The van der Waals surface area contributed by atoms with Gasteiger partial charge in [-0.2, -0.15) is 0 Å². The van der Waals surface area contributed by atoms with E-state index in [0.29, 0.717) is 0 Å². The van der Waals surface area contributed by atoms with Crippen LogP contribution in [0, 0.1) is 0 Å². The molecule has 0 saturated heterocycles. The quantitative estimate of drug-likeness (QED) is 0.779. The summed E-state index contributed by atoms with van der Waals surface area (Å²) >= 11 is 0. The van der Waals surface area contributed by atoms with Gasteiger partial charge in [-0.25, -0.2) is 9.18 Å². The average molecular weight is 249 g/mol. The monoisotopic (exact) mass is 249 g/mol. The van der Waals surface area contributed by atoms with Crippen LogP contribution in [0.2, 0.25) is 0 Å². The van der Waals surface area contributed by atoms with Gasteiger partial charge < -0.3 is 9.30 Å². The molecule has 18 heavy (non-hydrogen) atoms. The van der Waals surface area contributed by atoms with E-state index in [1.165, 1.54) is 4.57 Å². The number of alkyl halides is 1. The number of fused-ring (bicyclic) bond motifs is 1. The molecule has 2 rings (SSSR count). The molecule has 1 unspecified atom stereocenters. The summed E-state index contributed by atoms with van der Waals surface area (Å²) < 4.78 is 20.1. The van der Waals surface area contributed by atoms with Gasteiger partial charge >= 0.3 is 5.97 Å². The van der Waals surface area contributed by atoms with Crippen molar-refractivity contribution in [2.45, 2.75) is 26.6 Å². The highest BCUT2D eigenvalue weighted by Crippen LogP contribution is 2.25. The second-order valence-electron chi connectivity index (χ2n) is 4.02. The number of benzene rings is 1. The Labute approximate surface area is 105 Å². The van der Waals surface area contributed by atoms with E-state index in [0.717, 1.165) is 22.9 Å². The lowest BCUT2D eigenvalue weighted by molar-refractivity contribution is -0.152. The molecule has 0 saturated carbocycles. The predicted molar refractivity (Wildman–Crippen MR) is 68.1 cm³/mol. The first-order chi connectivity index (χ1) is 8.69. The largest absolute Gasteiger partial charge is 0.462 e. The normalized spacial score (nSPS) is 12.6. The first kappa shape index (κ1) is 12.6. The number of rotatable bonds is 4. The van der Waals surface area contributed by atoms with Gasteiger partial charge in [0.15, 0.2) is 0 Å². The molecule has 1 heterocycles. The van der Waals surface area contributed by atoms with Crippen LogP contribution in [0.25, 0.3) is 10.9 Å². The van der Waals surface area contributed by atoms with E-state index in [-0.39, 0.29) is 6.61 Å². The minimum absolute atomic E-state index is 0.180. The Kier molecular flexibility index (Phi) is 3.65. The lowest BCUT2D eigenvalue weighted by Crippen LogP contribution is -2.17. The molecular formula is C14H16FNO2. The molecule has 1 aromatic carbocycles. The molecule has 1 aromatic heterocycles. The van der Waals surface area contributed by atoms with Gasteiger partial charge in [-0.15, -0.1) is 0 Å². The number of halogens is 1. The molecule has 0 fully saturated rings. The molecule has 0 bridgehead atoms. The van der Waals surface area contributed by atoms with Gasteiger partial charge in [-0.3, -0.25) is 0 Å². The zero-order chi connectivity index (χ0) is 13.1. The van der Waals surface area contributed by atoms with E-state index in [1.54, 1.807) is 19.2 Å². The average Bonchev–Trinajstić information content (AvgIpc) is 2.81. The summed E-state index contributed by atoms with van der Waals surface area (Å²) in [5.74, 6) is -0.846. The highest BCUT2D eigenvalue weighted by atomic mass is 19.1. The number of carbonyl (C=O) groups excluding carboxylic acids is 1. The van der Waals surface area contributed by atoms with Crippen molar-refractivity contribution in [1.82, 2.24) is 4.57 Å². The molecule has 3 nitrogen and oxygen atoms in total. The molecule has 0 radical (unpaired) electrons. The predicted octanol–water partition coefficient (Wildman–Crippen LogP) is 3.23. The molecule has 1 atom stereocenters. The van der Waals surface area contributed by atoms with Gasteiger partial charge in [-0.05, 0) is 30.4 Å².